The molecule has 0 radical (unpaired) electrons. The van der Waals surface area contributed by atoms with Gasteiger partial charge in [-0.1, -0.05) is 55.4 Å². The monoisotopic (exact) mass is 601 g/mol. The SMILES string of the molecule is CCC1=C(CC)c2cc3[nH]c(cc4[nH]c(cc5nc(cc1n2)C(CC)=C5CC)c(CC)c4CC)c(CC)c3CC.[O]=[V]. The van der Waals surface area contributed by atoms with E-state index in [0.29, 0.717) is 0 Å². The molecular formula is C36H46N4OV. The summed E-state index contributed by atoms with van der Waals surface area (Å²) in [6.07, 6.45) is 7.84. The van der Waals surface area contributed by atoms with Gasteiger partial charge in [-0.2, -0.15) is 0 Å². The normalized spacial score (nSPS) is 13.0. The molecule has 0 spiro atoms. The molecule has 8 bridgehead atoms. The summed E-state index contributed by atoms with van der Waals surface area (Å²) in [5.41, 5.74) is 20.2. The van der Waals surface area contributed by atoms with Crippen molar-refractivity contribution in [2.24, 2.45) is 0 Å². The van der Waals surface area contributed by atoms with Crippen molar-refractivity contribution in [2.45, 2.75) is 107 Å². The fourth-order valence-electron chi connectivity index (χ4n) is 7.10. The molecule has 3 aromatic heterocycles. The van der Waals surface area contributed by atoms with Gasteiger partial charge in [-0.15, -0.1) is 0 Å². The van der Waals surface area contributed by atoms with Crippen LogP contribution < -0.4 is 0 Å². The molecule has 5 rings (SSSR count). The summed E-state index contributed by atoms with van der Waals surface area (Å²) in [6, 6.07) is 9.24. The minimum absolute atomic E-state index is 0.965. The molecule has 0 aliphatic carbocycles. The van der Waals surface area contributed by atoms with Gasteiger partial charge in [0.25, 0.3) is 0 Å². The number of aromatic amines is 2. The van der Waals surface area contributed by atoms with Crippen molar-refractivity contribution >= 4 is 44.4 Å². The third-order valence-electron chi connectivity index (χ3n) is 8.97. The number of hydrogen-bond acceptors (Lipinski definition) is 3. The number of rotatable bonds is 8. The molecular weight excluding hydrogens is 555 g/mol. The third kappa shape index (κ3) is 5.54. The average molecular weight is 602 g/mol. The van der Waals surface area contributed by atoms with Gasteiger partial charge >= 0.3 is 21.0 Å². The van der Waals surface area contributed by atoms with Crippen molar-refractivity contribution in [2.75, 3.05) is 0 Å². The second-order valence-electron chi connectivity index (χ2n) is 10.9. The second kappa shape index (κ2) is 14.0. The van der Waals surface area contributed by atoms with Crippen LogP contribution in [0, 0.1) is 0 Å². The fourth-order valence-corrected chi connectivity index (χ4v) is 7.10. The minimum atomic E-state index is 0.965. The van der Waals surface area contributed by atoms with Crippen molar-refractivity contribution in [1.29, 1.82) is 0 Å². The molecule has 0 unspecified atom stereocenters. The Morgan fingerprint density at radius 1 is 0.429 bits per heavy atom. The molecule has 2 aliphatic heterocycles. The van der Waals surface area contributed by atoms with E-state index in [4.69, 9.17) is 13.6 Å². The maximum absolute atomic E-state index is 8.19. The first-order valence-corrected chi connectivity index (χ1v) is 16.4. The molecule has 0 fully saturated rings. The van der Waals surface area contributed by atoms with E-state index in [0.717, 1.165) is 91.5 Å². The van der Waals surface area contributed by atoms with Gasteiger partial charge in [0, 0.05) is 22.1 Å². The van der Waals surface area contributed by atoms with Crippen molar-refractivity contribution < 1.29 is 21.0 Å². The predicted molar refractivity (Wildman–Crippen MR) is 174 cm³/mol. The standard InChI is InChI=1S/C36H46N4.O.V/c1-9-21-22(10-2)30-18-32-25(13-5)26(14-6)34(39-32)20-36-28(16-8)27(15-7)35(40-36)19-33-24(12-4)23(11-3)31(38-33)17-29(21)37-30;;/h17-20,37-38H,9-16H2,1-8H3;;. The first-order chi connectivity index (χ1) is 20.5. The van der Waals surface area contributed by atoms with Gasteiger partial charge in [0.05, 0.1) is 22.8 Å². The van der Waals surface area contributed by atoms with Crippen molar-refractivity contribution in [3.63, 3.8) is 0 Å². The van der Waals surface area contributed by atoms with Gasteiger partial charge in [-0.3, -0.25) is 0 Å². The molecule has 3 aromatic rings. The summed E-state index contributed by atoms with van der Waals surface area (Å²) in [4.78, 5) is 18.2. The van der Waals surface area contributed by atoms with Crippen LogP contribution in [0.5, 0.6) is 0 Å². The van der Waals surface area contributed by atoms with Crippen LogP contribution in [0.2, 0.25) is 0 Å². The Hall–Kier alpha value is -3.02. The van der Waals surface area contributed by atoms with Crippen molar-refractivity contribution in [1.82, 2.24) is 19.9 Å². The third-order valence-corrected chi connectivity index (χ3v) is 8.97. The van der Waals surface area contributed by atoms with Gasteiger partial charge in [0.1, 0.15) is 0 Å². The van der Waals surface area contributed by atoms with E-state index >= 15 is 0 Å². The Morgan fingerprint density at radius 3 is 0.952 bits per heavy atom. The average Bonchev–Trinajstić information content (AvgIpc) is 3.73. The van der Waals surface area contributed by atoms with Crippen LogP contribution in [-0.4, -0.2) is 19.9 Å². The second-order valence-corrected chi connectivity index (χ2v) is 10.9. The predicted octanol–water partition coefficient (Wildman–Crippen LogP) is 9.90. The van der Waals surface area contributed by atoms with Gasteiger partial charge in [-0.05, 0) is 120 Å². The summed E-state index contributed by atoms with van der Waals surface area (Å²) in [7, 11) is 0. The first kappa shape index (κ1) is 31.9. The molecule has 2 N–H and O–H groups in total. The van der Waals surface area contributed by atoms with E-state index in [9.17, 15) is 0 Å². The van der Waals surface area contributed by atoms with Crippen molar-refractivity contribution in [3.8, 4) is 0 Å². The summed E-state index contributed by atoms with van der Waals surface area (Å²) in [5.74, 6) is 0. The number of fused-ring (bicyclic) bond motifs is 8. The molecule has 5 heterocycles. The Balaban J connectivity index is 0.00000198. The molecule has 221 valence electrons. The number of aromatic nitrogens is 4. The van der Waals surface area contributed by atoms with Gasteiger partial charge in [-0.25, -0.2) is 9.97 Å². The zero-order chi connectivity index (χ0) is 30.6. The van der Waals surface area contributed by atoms with Crippen LogP contribution >= 0.6 is 0 Å². The number of aryl methyl sites for hydroxylation is 4. The zero-order valence-corrected chi connectivity index (χ0v) is 28.1. The Kier molecular flexibility index (Phi) is 10.6. The van der Waals surface area contributed by atoms with E-state index in [1.165, 1.54) is 66.6 Å². The number of nitrogens with zero attached hydrogens (tertiary/aromatic N) is 2. The van der Waals surface area contributed by atoms with E-state index in [1.54, 1.807) is 0 Å². The molecule has 0 amide bonds. The first-order valence-electron chi connectivity index (χ1n) is 15.9. The quantitative estimate of drug-likeness (QED) is 0.270. The Labute approximate surface area is 260 Å². The van der Waals surface area contributed by atoms with E-state index < -0.39 is 0 Å². The molecule has 0 aromatic carbocycles. The molecule has 6 heteroatoms. The van der Waals surface area contributed by atoms with E-state index in [2.05, 4.69) is 89.6 Å². The van der Waals surface area contributed by atoms with Gasteiger partial charge < -0.3 is 9.97 Å². The van der Waals surface area contributed by atoms with Crippen LogP contribution in [0.1, 0.15) is 126 Å². The van der Waals surface area contributed by atoms with Crippen LogP contribution in [0.25, 0.3) is 44.4 Å². The summed E-state index contributed by atoms with van der Waals surface area (Å²) in [5, 5.41) is 0. The number of H-pyrrole nitrogens is 2. The van der Waals surface area contributed by atoms with Crippen LogP contribution in [0.3, 0.4) is 0 Å². The number of allylic oxidation sites excluding steroid dienone is 4. The van der Waals surface area contributed by atoms with Crippen LogP contribution in [0.15, 0.2) is 24.3 Å². The number of hydrogen-bond donors (Lipinski definition) is 2. The molecule has 2 aliphatic rings. The van der Waals surface area contributed by atoms with Crippen molar-refractivity contribution in [3.05, 3.63) is 69.3 Å². The van der Waals surface area contributed by atoms with Crippen LogP contribution in [0.4, 0.5) is 0 Å². The van der Waals surface area contributed by atoms with Gasteiger partial charge in [0.15, 0.2) is 0 Å². The van der Waals surface area contributed by atoms with Crippen LogP contribution in [-0.2, 0) is 46.7 Å². The van der Waals surface area contributed by atoms with E-state index in [1.807, 2.05) is 0 Å². The molecule has 42 heavy (non-hydrogen) atoms. The van der Waals surface area contributed by atoms with E-state index in [-0.39, 0.29) is 0 Å². The molecule has 0 atom stereocenters. The topological polar surface area (TPSA) is 74.4 Å². The summed E-state index contributed by atoms with van der Waals surface area (Å²) in [6.45, 7) is 18.1. The molecule has 0 saturated heterocycles. The molecule has 5 nitrogen and oxygen atoms in total. The summed E-state index contributed by atoms with van der Waals surface area (Å²) < 4.78 is 8.19. The number of nitrogens with one attached hydrogen (secondary N) is 2. The summed E-state index contributed by atoms with van der Waals surface area (Å²) >= 11 is 1.06. The van der Waals surface area contributed by atoms with Gasteiger partial charge in [0.2, 0.25) is 0 Å². The fraction of sp³-hybridized carbons (Fsp3) is 0.444. The molecule has 0 saturated carbocycles. The Bertz CT molecular complexity index is 1580. The maximum atomic E-state index is 8.19. The zero-order valence-electron chi connectivity index (χ0n) is 26.7. The Morgan fingerprint density at radius 2 is 0.690 bits per heavy atom.